The van der Waals surface area contributed by atoms with Crippen LogP contribution < -0.4 is 0 Å². The molecule has 0 saturated carbocycles. The van der Waals surface area contributed by atoms with Crippen LogP contribution in [0.25, 0.3) is 0 Å². The molecule has 0 spiro atoms. The van der Waals surface area contributed by atoms with Crippen LogP contribution in [0.3, 0.4) is 0 Å². The van der Waals surface area contributed by atoms with Crippen molar-refractivity contribution in [3.8, 4) is 0 Å². The lowest BCUT2D eigenvalue weighted by molar-refractivity contribution is -0.132. The zero-order valence-corrected chi connectivity index (χ0v) is 10.9. The van der Waals surface area contributed by atoms with Gasteiger partial charge in [0.25, 0.3) is 0 Å². The molecule has 1 amide bonds. The SMILES string of the molecule is CC(=O)N1CCCCC1Cc1ccc(Cl)cc1. The zero-order chi connectivity index (χ0) is 12.3. The number of hydrogen-bond donors (Lipinski definition) is 0. The smallest absolute Gasteiger partial charge is 0.219 e. The van der Waals surface area contributed by atoms with Gasteiger partial charge in [0.2, 0.25) is 5.91 Å². The molecule has 2 rings (SSSR count). The summed E-state index contributed by atoms with van der Waals surface area (Å²) in [6, 6.07) is 8.29. The molecule has 1 atom stereocenters. The van der Waals surface area contributed by atoms with Gasteiger partial charge in [0.1, 0.15) is 0 Å². The van der Waals surface area contributed by atoms with E-state index in [2.05, 4.69) is 12.1 Å². The molecule has 1 saturated heterocycles. The van der Waals surface area contributed by atoms with E-state index in [0.717, 1.165) is 30.8 Å². The van der Waals surface area contributed by atoms with Gasteiger partial charge in [-0.3, -0.25) is 4.79 Å². The fraction of sp³-hybridized carbons (Fsp3) is 0.500. The maximum Gasteiger partial charge on any atom is 0.219 e. The normalized spacial score (nSPS) is 20.4. The summed E-state index contributed by atoms with van der Waals surface area (Å²) in [6.07, 6.45) is 4.41. The molecule has 0 N–H and O–H groups in total. The van der Waals surface area contributed by atoms with Crippen LogP contribution in [0.15, 0.2) is 24.3 Å². The molecule has 1 unspecified atom stereocenters. The van der Waals surface area contributed by atoms with Crippen molar-refractivity contribution in [3.63, 3.8) is 0 Å². The first-order valence-electron chi connectivity index (χ1n) is 6.18. The highest BCUT2D eigenvalue weighted by molar-refractivity contribution is 6.30. The summed E-state index contributed by atoms with van der Waals surface area (Å²) in [7, 11) is 0. The van der Waals surface area contributed by atoms with E-state index >= 15 is 0 Å². The van der Waals surface area contributed by atoms with E-state index in [1.165, 1.54) is 12.0 Å². The fourth-order valence-corrected chi connectivity index (χ4v) is 2.65. The number of carbonyl (C=O) groups is 1. The Morgan fingerprint density at radius 2 is 2.06 bits per heavy atom. The predicted octanol–water partition coefficient (Wildman–Crippen LogP) is 3.28. The van der Waals surface area contributed by atoms with Crippen molar-refractivity contribution in [1.29, 1.82) is 0 Å². The lowest BCUT2D eigenvalue weighted by Gasteiger charge is -2.35. The Bertz CT molecular complexity index is 388. The van der Waals surface area contributed by atoms with Crippen LogP contribution in [0.4, 0.5) is 0 Å². The van der Waals surface area contributed by atoms with E-state index < -0.39 is 0 Å². The third-order valence-corrected chi connectivity index (χ3v) is 3.67. The number of rotatable bonds is 2. The molecule has 1 aromatic carbocycles. The lowest BCUT2D eigenvalue weighted by atomic mass is 9.95. The molecule has 1 aliphatic rings. The first kappa shape index (κ1) is 12.4. The number of amides is 1. The van der Waals surface area contributed by atoms with Gasteiger partial charge in [0.05, 0.1) is 0 Å². The van der Waals surface area contributed by atoms with E-state index in [9.17, 15) is 4.79 Å². The molecule has 2 nitrogen and oxygen atoms in total. The molecule has 1 aromatic rings. The van der Waals surface area contributed by atoms with Crippen LogP contribution in [-0.2, 0) is 11.2 Å². The topological polar surface area (TPSA) is 20.3 Å². The van der Waals surface area contributed by atoms with Gasteiger partial charge in [-0.25, -0.2) is 0 Å². The van der Waals surface area contributed by atoms with Gasteiger partial charge < -0.3 is 4.90 Å². The Balaban J connectivity index is 2.05. The molecule has 1 fully saturated rings. The first-order valence-corrected chi connectivity index (χ1v) is 6.56. The summed E-state index contributed by atoms with van der Waals surface area (Å²) in [5.74, 6) is 0.198. The number of carbonyl (C=O) groups excluding carboxylic acids is 1. The second kappa shape index (κ2) is 5.54. The van der Waals surface area contributed by atoms with E-state index in [4.69, 9.17) is 11.6 Å². The molecule has 0 radical (unpaired) electrons. The van der Waals surface area contributed by atoms with Crippen molar-refractivity contribution in [2.45, 2.75) is 38.6 Å². The van der Waals surface area contributed by atoms with E-state index in [1.807, 2.05) is 17.0 Å². The van der Waals surface area contributed by atoms with Crippen LogP contribution in [0.2, 0.25) is 5.02 Å². The maximum atomic E-state index is 11.6. The Kier molecular flexibility index (Phi) is 4.06. The monoisotopic (exact) mass is 251 g/mol. The molecule has 0 aromatic heterocycles. The van der Waals surface area contributed by atoms with Gasteiger partial charge >= 0.3 is 0 Å². The minimum Gasteiger partial charge on any atom is -0.340 e. The van der Waals surface area contributed by atoms with Crippen LogP contribution in [-0.4, -0.2) is 23.4 Å². The van der Waals surface area contributed by atoms with Crippen LogP contribution in [0.1, 0.15) is 31.7 Å². The molecule has 3 heteroatoms. The summed E-state index contributed by atoms with van der Waals surface area (Å²) in [4.78, 5) is 13.6. The fourth-order valence-electron chi connectivity index (χ4n) is 2.52. The van der Waals surface area contributed by atoms with Crippen LogP contribution >= 0.6 is 11.6 Å². The number of benzene rings is 1. The number of likely N-dealkylation sites (tertiary alicyclic amines) is 1. The summed E-state index contributed by atoms with van der Waals surface area (Å²) < 4.78 is 0. The van der Waals surface area contributed by atoms with Crippen LogP contribution in [0, 0.1) is 0 Å². The second-order valence-electron chi connectivity index (χ2n) is 4.69. The highest BCUT2D eigenvalue weighted by Gasteiger charge is 2.24. The van der Waals surface area contributed by atoms with E-state index in [0.29, 0.717) is 6.04 Å². The quantitative estimate of drug-likeness (QED) is 0.790. The summed E-state index contributed by atoms with van der Waals surface area (Å²) in [5, 5.41) is 0.765. The number of nitrogens with zero attached hydrogens (tertiary/aromatic N) is 1. The summed E-state index contributed by atoms with van der Waals surface area (Å²) >= 11 is 5.87. The van der Waals surface area contributed by atoms with E-state index in [-0.39, 0.29) is 5.91 Å². The molecule has 92 valence electrons. The molecular weight excluding hydrogens is 234 g/mol. The summed E-state index contributed by atoms with van der Waals surface area (Å²) in [6.45, 7) is 2.58. The van der Waals surface area contributed by atoms with Crippen molar-refractivity contribution in [1.82, 2.24) is 4.90 Å². The number of halogens is 1. The summed E-state index contributed by atoms with van der Waals surface area (Å²) in [5.41, 5.74) is 1.26. The Hall–Kier alpha value is -1.02. The zero-order valence-electron chi connectivity index (χ0n) is 10.2. The molecule has 0 bridgehead atoms. The van der Waals surface area contributed by atoms with Gasteiger partial charge in [0, 0.05) is 24.5 Å². The largest absolute Gasteiger partial charge is 0.340 e. The third-order valence-electron chi connectivity index (χ3n) is 3.42. The Labute approximate surface area is 108 Å². The minimum atomic E-state index is 0.198. The standard InChI is InChI=1S/C14H18ClNO/c1-11(17)16-9-3-2-4-14(16)10-12-5-7-13(15)8-6-12/h5-8,14H,2-4,9-10H2,1H3. The molecular formula is C14H18ClNO. The maximum absolute atomic E-state index is 11.6. The van der Waals surface area contributed by atoms with Crippen molar-refractivity contribution in [2.24, 2.45) is 0 Å². The highest BCUT2D eigenvalue weighted by atomic mass is 35.5. The van der Waals surface area contributed by atoms with Crippen LogP contribution in [0.5, 0.6) is 0 Å². The minimum absolute atomic E-state index is 0.198. The highest BCUT2D eigenvalue weighted by Crippen LogP contribution is 2.21. The molecule has 17 heavy (non-hydrogen) atoms. The number of piperidine rings is 1. The Morgan fingerprint density at radius 1 is 1.35 bits per heavy atom. The number of hydrogen-bond acceptors (Lipinski definition) is 1. The average molecular weight is 252 g/mol. The average Bonchev–Trinajstić information content (AvgIpc) is 2.32. The molecule has 1 heterocycles. The van der Waals surface area contributed by atoms with Crippen molar-refractivity contribution in [3.05, 3.63) is 34.9 Å². The molecule has 0 aliphatic carbocycles. The van der Waals surface area contributed by atoms with Crippen molar-refractivity contribution >= 4 is 17.5 Å². The van der Waals surface area contributed by atoms with Crippen molar-refractivity contribution < 1.29 is 4.79 Å². The van der Waals surface area contributed by atoms with Crippen molar-refractivity contribution in [2.75, 3.05) is 6.54 Å². The predicted molar refractivity (Wildman–Crippen MR) is 70.2 cm³/mol. The van der Waals surface area contributed by atoms with Gasteiger partial charge in [-0.15, -0.1) is 0 Å². The van der Waals surface area contributed by atoms with Gasteiger partial charge in [-0.05, 0) is 43.4 Å². The van der Waals surface area contributed by atoms with Gasteiger partial charge in [0.15, 0.2) is 0 Å². The molecule has 1 aliphatic heterocycles. The van der Waals surface area contributed by atoms with E-state index in [1.54, 1.807) is 6.92 Å². The first-order chi connectivity index (χ1) is 8.16. The Morgan fingerprint density at radius 3 is 2.71 bits per heavy atom. The lowest BCUT2D eigenvalue weighted by Crippen LogP contribution is -2.43. The second-order valence-corrected chi connectivity index (χ2v) is 5.13. The van der Waals surface area contributed by atoms with Gasteiger partial charge in [-0.1, -0.05) is 23.7 Å². The van der Waals surface area contributed by atoms with Gasteiger partial charge in [-0.2, -0.15) is 0 Å². The third kappa shape index (κ3) is 3.22.